The topological polar surface area (TPSA) is 107 Å². The molecule has 4 aromatic carbocycles. The molecule has 0 bridgehead atoms. The van der Waals surface area contributed by atoms with E-state index >= 15 is 0 Å². The van der Waals surface area contributed by atoms with Crippen molar-refractivity contribution in [3.63, 3.8) is 0 Å². The van der Waals surface area contributed by atoms with Crippen molar-refractivity contribution >= 4 is 28.6 Å². The second kappa shape index (κ2) is 14.5. The van der Waals surface area contributed by atoms with Crippen LogP contribution in [-0.4, -0.2) is 14.7 Å². The molecule has 0 saturated carbocycles. The molecule has 0 heterocycles. The number of nitrogens with one attached hydrogen (secondary N) is 1. The van der Waals surface area contributed by atoms with Gasteiger partial charge < -0.3 is 20.8 Å². The van der Waals surface area contributed by atoms with E-state index in [0.29, 0.717) is 5.56 Å². The van der Waals surface area contributed by atoms with Gasteiger partial charge in [-0.15, -0.1) is 0 Å². The molecular weight excluding hydrogens is 605 g/mol. The molecule has 8 heteroatoms. The largest absolute Gasteiger partial charge is 2.00 e. The maximum absolute atomic E-state index is 12.0. The molecule has 38 heavy (non-hydrogen) atoms. The SMILES string of the molecule is Cc1cc(C)cc(C)c1.[NH-]C(=O)c1cc(Cl)c(S(=O)[O-])c([C@@H](c2ccccc2)[C@@H](N)c2ccccc2)c1.[Ru+2]. The molecule has 0 spiro atoms. The number of aryl methyl sites for hydroxylation is 3. The molecule has 0 aliphatic heterocycles. The normalized spacial score (nSPS) is 12.8. The van der Waals surface area contributed by atoms with E-state index in [1.54, 1.807) is 0 Å². The van der Waals surface area contributed by atoms with Crippen molar-refractivity contribution < 1.29 is 33.0 Å². The summed E-state index contributed by atoms with van der Waals surface area (Å²) in [7, 11) is 0. The number of amides is 1. The Morgan fingerprint density at radius 1 is 0.842 bits per heavy atom. The van der Waals surface area contributed by atoms with Crippen LogP contribution in [0.15, 0.2) is 95.9 Å². The molecule has 0 aliphatic rings. The van der Waals surface area contributed by atoms with Crippen molar-refractivity contribution in [2.24, 2.45) is 5.73 Å². The number of hydrogen-bond acceptors (Lipinski definition) is 4. The first-order chi connectivity index (χ1) is 17.6. The van der Waals surface area contributed by atoms with Gasteiger partial charge in [0.25, 0.3) is 0 Å². The van der Waals surface area contributed by atoms with Crippen LogP contribution in [0.25, 0.3) is 5.73 Å². The van der Waals surface area contributed by atoms with Crippen LogP contribution < -0.4 is 5.73 Å². The van der Waals surface area contributed by atoms with Gasteiger partial charge in [-0.05, 0) is 60.7 Å². The molecule has 5 nitrogen and oxygen atoms in total. The fourth-order valence-corrected chi connectivity index (χ4v) is 5.48. The van der Waals surface area contributed by atoms with Crippen molar-refractivity contribution in [1.29, 1.82) is 0 Å². The fourth-order valence-electron chi connectivity index (χ4n) is 4.46. The molecular formula is C30H29ClN2O3RuS. The zero-order valence-electron chi connectivity index (χ0n) is 21.3. The first-order valence-electron chi connectivity index (χ1n) is 11.7. The average Bonchev–Trinajstić information content (AvgIpc) is 2.84. The minimum absolute atomic E-state index is 0. The summed E-state index contributed by atoms with van der Waals surface area (Å²) in [5.74, 6) is -1.54. The van der Waals surface area contributed by atoms with E-state index in [4.69, 9.17) is 23.1 Å². The van der Waals surface area contributed by atoms with Crippen molar-refractivity contribution in [2.75, 3.05) is 0 Å². The summed E-state index contributed by atoms with van der Waals surface area (Å²) in [6.45, 7) is 6.38. The van der Waals surface area contributed by atoms with E-state index in [1.165, 1.54) is 28.8 Å². The molecule has 4 aromatic rings. The molecule has 4 rings (SSSR count). The molecule has 0 fully saturated rings. The number of rotatable bonds is 6. The van der Waals surface area contributed by atoms with Gasteiger partial charge in [0.2, 0.25) is 0 Å². The van der Waals surface area contributed by atoms with Crippen LogP contribution in [-0.2, 0) is 30.6 Å². The number of halogens is 1. The van der Waals surface area contributed by atoms with Crippen LogP contribution >= 0.6 is 11.6 Å². The number of carbonyl (C=O) groups excluding carboxylic acids is 1. The maximum Gasteiger partial charge on any atom is 2.00 e. The molecule has 198 valence electrons. The Labute approximate surface area is 244 Å². The Morgan fingerprint density at radius 2 is 1.29 bits per heavy atom. The monoisotopic (exact) mass is 634 g/mol. The second-order valence-electron chi connectivity index (χ2n) is 8.93. The van der Waals surface area contributed by atoms with E-state index in [-0.39, 0.29) is 35.0 Å². The predicted molar refractivity (Wildman–Crippen MR) is 150 cm³/mol. The molecule has 0 aromatic heterocycles. The zero-order chi connectivity index (χ0) is 27.1. The van der Waals surface area contributed by atoms with E-state index < -0.39 is 28.9 Å². The smallest absolute Gasteiger partial charge is 0.768 e. The van der Waals surface area contributed by atoms with Gasteiger partial charge in [0.1, 0.15) is 0 Å². The molecule has 0 radical (unpaired) electrons. The summed E-state index contributed by atoms with van der Waals surface area (Å²) >= 11 is 3.54. The van der Waals surface area contributed by atoms with Gasteiger partial charge in [0.15, 0.2) is 0 Å². The summed E-state index contributed by atoms with van der Waals surface area (Å²) in [5, 5.41) is -0.109. The van der Waals surface area contributed by atoms with Crippen molar-refractivity contribution in [3.8, 4) is 0 Å². The average molecular weight is 634 g/mol. The Hall–Kier alpha value is -2.67. The van der Waals surface area contributed by atoms with E-state index in [2.05, 4.69) is 39.0 Å². The van der Waals surface area contributed by atoms with Gasteiger partial charge in [0.05, 0.1) is 10.9 Å². The Kier molecular flexibility index (Phi) is 12.0. The minimum Gasteiger partial charge on any atom is -0.768 e. The van der Waals surface area contributed by atoms with Gasteiger partial charge >= 0.3 is 19.5 Å². The third-order valence-electron chi connectivity index (χ3n) is 5.90. The molecule has 1 amide bonds. The quantitative estimate of drug-likeness (QED) is 0.179. The van der Waals surface area contributed by atoms with Gasteiger partial charge in [-0.3, -0.25) is 4.21 Å². The predicted octanol–water partition coefficient (Wildman–Crippen LogP) is 7.21. The van der Waals surface area contributed by atoms with Crippen LogP contribution in [0.3, 0.4) is 0 Å². The van der Waals surface area contributed by atoms with Gasteiger partial charge in [-0.2, -0.15) is 0 Å². The Morgan fingerprint density at radius 3 is 1.71 bits per heavy atom. The third-order valence-corrected chi connectivity index (χ3v) is 7.10. The van der Waals surface area contributed by atoms with Gasteiger partial charge in [-0.1, -0.05) is 107 Å². The summed E-state index contributed by atoms with van der Waals surface area (Å²) in [6, 6.07) is 27.0. The number of hydrogen-bond donors (Lipinski definition) is 1. The number of carbonyl (C=O) groups is 1. The number of nitrogens with two attached hydrogens (primary N) is 1. The molecule has 3 N–H and O–H groups in total. The molecule has 3 atom stereocenters. The van der Waals surface area contributed by atoms with Crippen LogP contribution in [0.1, 0.15) is 55.7 Å². The Balaban J connectivity index is 0.000000430. The zero-order valence-corrected chi connectivity index (χ0v) is 24.6. The van der Waals surface area contributed by atoms with E-state index in [1.807, 2.05) is 60.7 Å². The van der Waals surface area contributed by atoms with E-state index in [0.717, 1.165) is 11.1 Å². The maximum atomic E-state index is 12.0. The second-order valence-corrected chi connectivity index (χ2v) is 10.2. The summed E-state index contributed by atoms with van der Waals surface area (Å²) in [6.07, 6.45) is 0. The van der Waals surface area contributed by atoms with Gasteiger partial charge in [0, 0.05) is 22.4 Å². The fraction of sp³-hybridized carbons (Fsp3) is 0.167. The van der Waals surface area contributed by atoms with Crippen LogP contribution in [0, 0.1) is 20.8 Å². The van der Waals surface area contributed by atoms with Gasteiger partial charge in [-0.25, -0.2) is 0 Å². The molecule has 0 aliphatic carbocycles. The summed E-state index contributed by atoms with van der Waals surface area (Å²) in [5.41, 5.74) is 19.9. The molecule has 1 unspecified atom stereocenters. The van der Waals surface area contributed by atoms with Crippen molar-refractivity contribution in [3.05, 3.63) is 141 Å². The number of benzene rings is 4. The van der Waals surface area contributed by atoms with Crippen LogP contribution in [0.5, 0.6) is 0 Å². The van der Waals surface area contributed by atoms with E-state index in [9.17, 15) is 13.6 Å². The minimum atomic E-state index is -2.65. The third kappa shape index (κ3) is 8.16. The molecule has 0 saturated heterocycles. The first kappa shape index (κ1) is 31.6. The standard InChI is InChI=1S/C21H19ClN2O3S.C9H12.Ru/c22-17-12-15(21(24)25)11-16(20(17)28(26)27)18(13-7-3-1-4-8-13)19(23)14-9-5-2-6-10-14;1-7-4-8(2)6-9(3)5-7;/h1-12,18-19H,23H2,(H3,24,25,26,27);4-6H,1-3H3;/q;;+2/p-2/t18-,19+;;/m1../s1. The summed E-state index contributed by atoms with van der Waals surface area (Å²) in [4.78, 5) is 11.5. The summed E-state index contributed by atoms with van der Waals surface area (Å²) < 4.78 is 23.9. The van der Waals surface area contributed by atoms with Crippen LogP contribution in [0.2, 0.25) is 5.02 Å². The van der Waals surface area contributed by atoms with Crippen molar-refractivity contribution in [2.45, 2.75) is 37.6 Å². The van der Waals surface area contributed by atoms with Crippen LogP contribution in [0.4, 0.5) is 0 Å². The Bertz CT molecular complexity index is 1350. The van der Waals surface area contributed by atoms with Crippen molar-refractivity contribution in [1.82, 2.24) is 0 Å². The first-order valence-corrected chi connectivity index (χ1v) is 13.1.